The van der Waals surface area contributed by atoms with Crippen molar-refractivity contribution < 1.29 is 0 Å². The first-order valence-electron chi connectivity index (χ1n) is 4.81. The second-order valence-corrected chi connectivity index (χ2v) is 3.25. The molecule has 1 saturated heterocycles. The number of rotatable bonds is 1. The van der Waals surface area contributed by atoms with Crippen molar-refractivity contribution in [3.05, 3.63) is 0 Å². The van der Waals surface area contributed by atoms with Crippen molar-refractivity contribution in [1.82, 2.24) is 10.6 Å². The van der Waals surface area contributed by atoms with Gasteiger partial charge in [-0.05, 0) is 32.4 Å². The number of nitrogens with one attached hydrogen (secondary N) is 2. The first-order chi connectivity index (χ1) is 5.40. The van der Waals surface area contributed by atoms with Crippen LogP contribution in [0.2, 0.25) is 0 Å². The molecule has 2 nitrogen and oxygen atoms in total. The molecule has 2 N–H and O–H groups in total. The molecule has 0 aromatic heterocycles. The van der Waals surface area contributed by atoms with E-state index in [1.807, 2.05) is 13.8 Å². The maximum absolute atomic E-state index is 3.49. The van der Waals surface area contributed by atoms with E-state index in [1.165, 1.54) is 19.4 Å². The van der Waals surface area contributed by atoms with Crippen LogP contribution in [0.3, 0.4) is 0 Å². The molecule has 3 unspecified atom stereocenters. The molecule has 66 valence electrons. The fourth-order valence-corrected chi connectivity index (χ4v) is 2.17. The van der Waals surface area contributed by atoms with Gasteiger partial charge in [0, 0.05) is 12.1 Å². The highest BCUT2D eigenvalue weighted by Crippen LogP contribution is 2.30. The first kappa shape index (κ1) is 9.01. The zero-order valence-electron chi connectivity index (χ0n) is 7.85. The number of hydrogen-bond donors (Lipinski definition) is 2. The van der Waals surface area contributed by atoms with E-state index in [9.17, 15) is 0 Å². The van der Waals surface area contributed by atoms with E-state index in [-0.39, 0.29) is 0 Å². The van der Waals surface area contributed by atoms with Crippen LogP contribution in [0.1, 0.15) is 26.7 Å². The van der Waals surface area contributed by atoms with Crippen LogP contribution in [0.25, 0.3) is 0 Å². The summed E-state index contributed by atoms with van der Waals surface area (Å²) in [6, 6.07) is 1.56. The molecule has 2 bridgehead atoms. The molecule has 2 fully saturated rings. The minimum Gasteiger partial charge on any atom is -0.315 e. The lowest BCUT2D eigenvalue weighted by atomic mass is 10.1. The quantitative estimate of drug-likeness (QED) is 0.591. The lowest BCUT2D eigenvalue weighted by molar-refractivity contribution is 0.400. The molecule has 0 radical (unpaired) electrons. The Morgan fingerprint density at radius 2 is 2.00 bits per heavy atom. The Bertz CT molecular complexity index is 114. The van der Waals surface area contributed by atoms with Crippen molar-refractivity contribution in [3.8, 4) is 0 Å². The van der Waals surface area contributed by atoms with Gasteiger partial charge < -0.3 is 10.6 Å². The van der Waals surface area contributed by atoms with Gasteiger partial charge >= 0.3 is 0 Å². The molecule has 1 aliphatic heterocycles. The van der Waals surface area contributed by atoms with Gasteiger partial charge in [0.1, 0.15) is 0 Å². The van der Waals surface area contributed by atoms with E-state index in [4.69, 9.17) is 0 Å². The Kier molecular flexibility index (Phi) is 3.34. The third kappa shape index (κ3) is 1.74. The summed E-state index contributed by atoms with van der Waals surface area (Å²) in [5, 5.41) is 6.83. The van der Waals surface area contributed by atoms with E-state index in [0.29, 0.717) is 0 Å². The predicted octanol–water partition coefficient (Wildman–Crippen LogP) is 0.982. The molecule has 1 saturated carbocycles. The zero-order chi connectivity index (χ0) is 8.27. The summed E-state index contributed by atoms with van der Waals surface area (Å²) >= 11 is 0. The van der Waals surface area contributed by atoms with Crippen LogP contribution in [0.15, 0.2) is 0 Å². The molecule has 3 atom stereocenters. The third-order valence-electron chi connectivity index (χ3n) is 2.70. The molecular formula is C9H20N2. The van der Waals surface area contributed by atoms with Crippen molar-refractivity contribution in [3.63, 3.8) is 0 Å². The molecule has 2 aliphatic rings. The summed E-state index contributed by atoms with van der Waals surface area (Å²) in [7, 11) is 2.06. The second kappa shape index (κ2) is 4.07. The van der Waals surface area contributed by atoms with Gasteiger partial charge in [0.2, 0.25) is 0 Å². The van der Waals surface area contributed by atoms with Crippen LogP contribution >= 0.6 is 0 Å². The highest BCUT2D eigenvalue weighted by molar-refractivity contribution is 4.98. The Morgan fingerprint density at radius 3 is 2.27 bits per heavy atom. The highest BCUT2D eigenvalue weighted by atomic mass is 15.1. The van der Waals surface area contributed by atoms with Gasteiger partial charge in [0.15, 0.2) is 0 Å². The van der Waals surface area contributed by atoms with Crippen LogP contribution in [0, 0.1) is 5.92 Å². The lowest BCUT2D eigenvalue weighted by Crippen LogP contribution is -2.43. The molecule has 1 aliphatic carbocycles. The van der Waals surface area contributed by atoms with Crippen LogP contribution in [0.5, 0.6) is 0 Å². The largest absolute Gasteiger partial charge is 0.315 e. The third-order valence-corrected chi connectivity index (χ3v) is 2.70. The van der Waals surface area contributed by atoms with E-state index >= 15 is 0 Å². The highest BCUT2D eigenvalue weighted by Gasteiger charge is 2.38. The van der Waals surface area contributed by atoms with E-state index < -0.39 is 0 Å². The summed E-state index contributed by atoms with van der Waals surface area (Å²) in [4.78, 5) is 0. The number of likely N-dealkylation sites (N-methyl/N-ethyl adjacent to an activating group) is 1. The maximum Gasteiger partial charge on any atom is 0.0224 e. The average molecular weight is 156 g/mol. The minimum absolute atomic E-state index is 0.767. The van der Waals surface area contributed by atoms with Crippen molar-refractivity contribution >= 4 is 0 Å². The summed E-state index contributed by atoms with van der Waals surface area (Å²) in [6.07, 6.45) is 2.81. The summed E-state index contributed by atoms with van der Waals surface area (Å²) in [5.74, 6) is 0.979. The van der Waals surface area contributed by atoms with Crippen molar-refractivity contribution in [2.45, 2.75) is 38.8 Å². The Morgan fingerprint density at radius 1 is 1.27 bits per heavy atom. The van der Waals surface area contributed by atoms with Crippen molar-refractivity contribution in [1.29, 1.82) is 0 Å². The van der Waals surface area contributed by atoms with Crippen molar-refractivity contribution in [2.24, 2.45) is 5.92 Å². The van der Waals surface area contributed by atoms with Crippen molar-refractivity contribution in [2.75, 3.05) is 13.6 Å². The molecule has 0 amide bonds. The molecular weight excluding hydrogens is 136 g/mol. The van der Waals surface area contributed by atoms with E-state index in [1.54, 1.807) is 0 Å². The summed E-state index contributed by atoms with van der Waals surface area (Å²) in [6.45, 7) is 5.27. The molecule has 0 aromatic carbocycles. The van der Waals surface area contributed by atoms with Gasteiger partial charge in [-0.3, -0.25) is 0 Å². The van der Waals surface area contributed by atoms with Crippen LogP contribution in [-0.2, 0) is 0 Å². The predicted molar refractivity (Wildman–Crippen MR) is 48.7 cm³/mol. The lowest BCUT2D eigenvalue weighted by Gasteiger charge is -2.21. The summed E-state index contributed by atoms with van der Waals surface area (Å²) in [5.41, 5.74) is 0. The van der Waals surface area contributed by atoms with Crippen LogP contribution in [-0.4, -0.2) is 25.7 Å². The smallest absolute Gasteiger partial charge is 0.0224 e. The average Bonchev–Trinajstić information content (AvgIpc) is 2.67. The zero-order valence-corrected chi connectivity index (χ0v) is 7.85. The normalized spacial score (nSPS) is 40.1. The second-order valence-electron chi connectivity index (χ2n) is 3.25. The Balaban J connectivity index is 0.000000281. The fraction of sp³-hybridized carbons (Fsp3) is 1.00. The van der Waals surface area contributed by atoms with Crippen LogP contribution in [0.4, 0.5) is 0 Å². The number of fused-ring (bicyclic) bond motifs is 2. The standard InChI is InChI=1S/C7H14N2.C2H6/c1-8-6-2-5-3-7(6)9-4-5;1-2/h5-9H,2-4H2,1H3;1-2H3. The number of hydrogen-bond acceptors (Lipinski definition) is 2. The molecule has 0 aromatic rings. The molecule has 2 rings (SSSR count). The van der Waals surface area contributed by atoms with Crippen LogP contribution < -0.4 is 10.6 Å². The minimum atomic E-state index is 0.767. The van der Waals surface area contributed by atoms with Gasteiger partial charge in [-0.2, -0.15) is 0 Å². The van der Waals surface area contributed by atoms with Gasteiger partial charge in [0.05, 0.1) is 0 Å². The number of piperidine rings is 1. The van der Waals surface area contributed by atoms with Gasteiger partial charge in [0.25, 0.3) is 0 Å². The van der Waals surface area contributed by atoms with E-state index in [0.717, 1.165) is 18.0 Å². The first-order valence-corrected chi connectivity index (χ1v) is 4.81. The van der Waals surface area contributed by atoms with Gasteiger partial charge in [-0.15, -0.1) is 0 Å². The molecule has 0 spiro atoms. The SMILES string of the molecule is CC.CNC1CC2CNC1C2. The topological polar surface area (TPSA) is 24.1 Å². The fourth-order valence-electron chi connectivity index (χ4n) is 2.17. The Labute approximate surface area is 69.8 Å². The Hall–Kier alpha value is -0.0800. The van der Waals surface area contributed by atoms with E-state index in [2.05, 4.69) is 17.7 Å². The molecule has 2 heteroatoms. The molecule has 11 heavy (non-hydrogen) atoms. The molecule has 1 heterocycles. The maximum atomic E-state index is 3.49. The summed E-state index contributed by atoms with van der Waals surface area (Å²) < 4.78 is 0. The van der Waals surface area contributed by atoms with Gasteiger partial charge in [-0.1, -0.05) is 13.8 Å². The van der Waals surface area contributed by atoms with Gasteiger partial charge in [-0.25, -0.2) is 0 Å². The monoisotopic (exact) mass is 156 g/mol.